The van der Waals surface area contributed by atoms with Crippen LogP contribution in [0.2, 0.25) is 5.02 Å². The van der Waals surface area contributed by atoms with Crippen LogP contribution in [-0.2, 0) is 19.5 Å². The maximum Gasteiger partial charge on any atom is 0.271 e. The Kier molecular flexibility index (Phi) is 5.84. The van der Waals surface area contributed by atoms with E-state index in [1.165, 1.54) is 14.2 Å². The monoisotopic (exact) mass is 324 g/mol. The van der Waals surface area contributed by atoms with Crippen molar-refractivity contribution in [1.29, 1.82) is 0 Å². The number of hydrogen-bond acceptors (Lipinski definition) is 6. The summed E-state index contributed by atoms with van der Waals surface area (Å²) in [6.07, 6.45) is -0.749. The van der Waals surface area contributed by atoms with Crippen LogP contribution >= 0.6 is 11.6 Å². The summed E-state index contributed by atoms with van der Waals surface area (Å²) in [4.78, 5) is 9.64. The number of nitro groups is 1. The third-order valence-electron chi connectivity index (χ3n) is 2.38. The number of benzene rings is 1. The van der Waals surface area contributed by atoms with Gasteiger partial charge in [0.05, 0.1) is 16.5 Å². The Bertz CT molecular complexity index is 587. The van der Waals surface area contributed by atoms with Crippen molar-refractivity contribution in [2.24, 2.45) is 0 Å². The summed E-state index contributed by atoms with van der Waals surface area (Å²) in [5, 5.41) is 10.3. The van der Waals surface area contributed by atoms with Crippen molar-refractivity contribution in [3.8, 4) is 0 Å². The molecule has 1 aromatic rings. The van der Waals surface area contributed by atoms with Gasteiger partial charge in [0, 0.05) is 26.4 Å². The fourth-order valence-electron chi connectivity index (χ4n) is 1.34. The van der Waals surface area contributed by atoms with Crippen molar-refractivity contribution in [1.82, 2.24) is 4.72 Å². The molecule has 8 nitrogen and oxygen atoms in total. The molecule has 0 spiro atoms. The van der Waals surface area contributed by atoms with Gasteiger partial charge < -0.3 is 9.47 Å². The van der Waals surface area contributed by atoms with Gasteiger partial charge in [-0.15, -0.1) is 0 Å². The lowest BCUT2D eigenvalue weighted by atomic mass is 10.3. The standard InChI is InChI=1S/C10H13ClN2O6S/c1-18-10(19-2)6-12-20(16,17)9-4-3-7(13(14)15)5-8(9)11/h3-5,10,12H,6H2,1-2H3. The molecule has 0 saturated heterocycles. The minimum Gasteiger partial charge on any atom is -0.355 e. The predicted molar refractivity (Wildman–Crippen MR) is 71.1 cm³/mol. The molecule has 0 aliphatic carbocycles. The van der Waals surface area contributed by atoms with E-state index in [4.69, 9.17) is 21.1 Å². The first-order chi connectivity index (χ1) is 9.31. The van der Waals surface area contributed by atoms with Crippen molar-refractivity contribution in [2.75, 3.05) is 20.8 Å². The topological polar surface area (TPSA) is 108 Å². The molecule has 0 aliphatic heterocycles. The van der Waals surface area contributed by atoms with Crippen LogP contribution in [0.25, 0.3) is 0 Å². The highest BCUT2D eigenvalue weighted by molar-refractivity contribution is 7.89. The first-order valence-electron chi connectivity index (χ1n) is 5.31. The number of halogens is 1. The fraction of sp³-hybridized carbons (Fsp3) is 0.400. The van der Waals surface area contributed by atoms with E-state index in [0.29, 0.717) is 0 Å². The molecule has 0 unspecified atom stereocenters. The molecule has 0 aromatic heterocycles. The van der Waals surface area contributed by atoms with Gasteiger partial charge in [0.2, 0.25) is 10.0 Å². The number of nitro benzene ring substituents is 1. The van der Waals surface area contributed by atoms with E-state index in [9.17, 15) is 18.5 Å². The van der Waals surface area contributed by atoms with Gasteiger partial charge >= 0.3 is 0 Å². The molecule has 0 heterocycles. The van der Waals surface area contributed by atoms with Crippen molar-refractivity contribution in [2.45, 2.75) is 11.2 Å². The summed E-state index contributed by atoms with van der Waals surface area (Å²) in [6.45, 7) is -0.122. The molecule has 10 heteroatoms. The van der Waals surface area contributed by atoms with Crippen molar-refractivity contribution >= 4 is 27.3 Å². The number of rotatable bonds is 7. The number of nitrogens with one attached hydrogen (secondary N) is 1. The first kappa shape index (κ1) is 16.8. The molecular formula is C10H13ClN2O6S. The Morgan fingerprint density at radius 1 is 1.40 bits per heavy atom. The molecule has 0 fully saturated rings. The molecule has 0 atom stereocenters. The van der Waals surface area contributed by atoms with Crippen LogP contribution in [0, 0.1) is 10.1 Å². The zero-order chi connectivity index (χ0) is 15.3. The Hall–Kier alpha value is -1.26. The number of non-ortho nitro benzene ring substituents is 1. The van der Waals surface area contributed by atoms with Crippen LogP contribution in [0.3, 0.4) is 0 Å². The van der Waals surface area contributed by atoms with Crippen LogP contribution in [0.15, 0.2) is 23.1 Å². The second kappa shape index (κ2) is 6.95. The second-order valence-corrected chi connectivity index (χ2v) is 5.77. The van der Waals surface area contributed by atoms with Crippen LogP contribution in [0.4, 0.5) is 5.69 Å². The second-order valence-electron chi connectivity index (χ2n) is 3.62. The van der Waals surface area contributed by atoms with Crippen molar-refractivity contribution in [3.05, 3.63) is 33.3 Å². The molecule has 0 radical (unpaired) electrons. The van der Waals surface area contributed by atoms with Gasteiger partial charge in [-0.3, -0.25) is 10.1 Å². The normalized spacial score (nSPS) is 11.8. The van der Waals surface area contributed by atoms with Gasteiger partial charge in [-0.25, -0.2) is 13.1 Å². The molecule has 0 bridgehead atoms. The third kappa shape index (κ3) is 4.12. The summed E-state index contributed by atoms with van der Waals surface area (Å²) >= 11 is 5.75. The summed E-state index contributed by atoms with van der Waals surface area (Å²) in [5.41, 5.74) is -0.291. The molecular weight excluding hydrogens is 312 g/mol. The average molecular weight is 325 g/mol. The molecule has 0 saturated carbocycles. The van der Waals surface area contributed by atoms with Crippen LogP contribution in [0.1, 0.15) is 0 Å². The van der Waals surface area contributed by atoms with E-state index in [0.717, 1.165) is 18.2 Å². The number of nitrogens with zero attached hydrogens (tertiary/aromatic N) is 1. The predicted octanol–water partition coefficient (Wildman–Crippen LogP) is 1.15. The van der Waals surface area contributed by atoms with Crippen LogP contribution in [0.5, 0.6) is 0 Å². The van der Waals surface area contributed by atoms with E-state index in [-0.39, 0.29) is 22.2 Å². The molecule has 1 rings (SSSR count). The van der Waals surface area contributed by atoms with Gasteiger partial charge in [-0.1, -0.05) is 11.6 Å². The zero-order valence-electron chi connectivity index (χ0n) is 10.7. The lowest BCUT2D eigenvalue weighted by molar-refractivity contribution is -0.384. The number of sulfonamides is 1. The van der Waals surface area contributed by atoms with Crippen molar-refractivity contribution in [3.63, 3.8) is 0 Å². The minimum absolute atomic E-state index is 0.122. The Balaban J connectivity index is 2.95. The van der Waals surface area contributed by atoms with E-state index < -0.39 is 21.2 Å². The lowest BCUT2D eigenvalue weighted by Gasteiger charge is -2.14. The molecule has 0 amide bonds. The number of hydrogen-bond donors (Lipinski definition) is 1. The Morgan fingerprint density at radius 3 is 2.45 bits per heavy atom. The Morgan fingerprint density at radius 2 is 2.00 bits per heavy atom. The van der Waals surface area contributed by atoms with Gasteiger partial charge in [0.1, 0.15) is 4.90 Å². The molecule has 1 aromatic carbocycles. The Labute approximate surface area is 120 Å². The quantitative estimate of drug-likeness (QED) is 0.458. The molecule has 20 heavy (non-hydrogen) atoms. The zero-order valence-corrected chi connectivity index (χ0v) is 12.3. The lowest BCUT2D eigenvalue weighted by Crippen LogP contribution is -2.34. The smallest absolute Gasteiger partial charge is 0.271 e. The first-order valence-corrected chi connectivity index (χ1v) is 7.17. The highest BCUT2D eigenvalue weighted by Gasteiger charge is 2.21. The molecule has 0 aliphatic rings. The summed E-state index contributed by atoms with van der Waals surface area (Å²) < 4.78 is 35.9. The van der Waals surface area contributed by atoms with Gasteiger partial charge in [-0.2, -0.15) is 0 Å². The molecule has 112 valence electrons. The third-order valence-corrected chi connectivity index (χ3v) is 4.29. The summed E-state index contributed by atoms with van der Waals surface area (Å²) in [7, 11) is -1.19. The van der Waals surface area contributed by atoms with E-state index in [1.54, 1.807) is 0 Å². The van der Waals surface area contributed by atoms with E-state index in [2.05, 4.69) is 4.72 Å². The van der Waals surface area contributed by atoms with Crippen molar-refractivity contribution < 1.29 is 22.8 Å². The maximum absolute atomic E-state index is 12.0. The fourth-order valence-corrected chi connectivity index (χ4v) is 2.89. The SMILES string of the molecule is COC(CNS(=O)(=O)c1ccc([N+](=O)[O-])cc1Cl)OC. The van der Waals surface area contributed by atoms with Crippen LogP contribution in [-0.4, -0.2) is 40.4 Å². The van der Waals surface area contributed by atoms with Gasteiger partial charge in [-0.05, 0) is 6.07 Å². The summed E-state index contributed by atoms with van der Waals surface area (Å²) in [5.74, 6) is 0. The maximum atomic E-state index is 12.0. The van der Waals surface area contributed by atoms with E-state index >= 15 is 0 Å². The minimum atomic E-state index is -3.91. The number of ether oxygens (including phenoxy) is 2. The number of methoxy groups -OCH3 is 2. The highest BCUT2D eigenvalue weighted by atomic mass is 35.5. The average Bonchev–Trinajstić information content (AvgIpc) is 2.39. The largest absolute Gasteiger partial charge is 0.355 e. The molecule has 1 N–H and O–H groups in total. The van der Waals surface area contributed by atoms with Gasteiger partial charge in [0.25, 0.3) is 5.69 Å². The van der Waals surface area contributed by atoms with E-state index in [1.807, 2.05) is 0 Å². The summed E-state index contributed by atoms with van der Waals surface area (Å²) in [6, 6.07) is 3.10. The van der Waals surface area contributed by atoms with Crippen LogP contribution < -0.4 is 4.72 Å². The highest BCUT2D eigenvalue weighted by Crippen LogP contribution is 2.25. The van der Waals surface area contributed by atoms with Gasteiger partial charge in [0.15, 0.2) is 6.29 Å².